The molecule has 2 aromatic heterocycles. The number of aromatic amines is 2. The summed E-state index contributed by atoms with van der Waals surface area (Å²) in [7, 11) is -8.96. The van der Waals surface area contributed by atoms with Gasteiger partial charge in [0.15, 0.2) is 10.9 Å². The second-order valence-electron chi connectivity index (χ2n) is 7.22. The van der Waals surface area contributed by atoms with Gasteiger partial charge in [-0.3, -0.25) is 18.7 Å². The van der Waals surface area contributed by atoms with Gasteiger partial charge in [-0.05, 0) is 48.5 Å². The number of fused-ring (bicyclic) bond motifs is 4. The van der Waals surface area contributed by atoms with Crippen LogP contribution in [0.15, 0.2) is 67.9 Å². The Hall–Kier alpha value is -3.58. The maximum absolute atomic E-state index is 13.0. The Kier molecular flexibility index (Phi) is 4.11. The molecule has 32 heavy (non-hydrogen) atoms. The van der Waals surface area contributed by atoms with E-state index < -0.39 is 31.1 Å². The fraction of sp³-hybridized carbons (Fsp3) is 0. The molecule has 0 saturated carbocycles. The normalized spacial score (nSPS) is 12.8. The highest BCUT2D eigenvalue weighted by Gasteiger charge is 2.16. The molecule has 0 aliphatic carbocycles. The first-order valence-electron chi connectivity index (χ1n) is 8.98. The van der Waals surface area contributed by atoms with Gasteiger partial charge in [-0.1, -0.05) is 0 Å². The zero-order valence-electron chi connectivity index (χ0n) is 15.8. The van der Waals surface area contributed by atoms with E-state index in [1.165, 1.54) is 24.3 Å². The van der Waals surface area contributed by atoms with E-state index in [0.717, 1.165) is 24.3 Å². The standard InChI is InChI=1S/C20H12N2O8S2/c23-19-11-3-1-9(31(25,26)27)5-15(11)21-17-8-14-18(7-13(17)19)22-16-6-10(32(28,29)30)2-4-12(16)20(14)24/h1-8H,(H,21,23)(H,22,24)(H,25,26,27)(H,28,29,30). The van der Waals surface area contributed by atoms with Crippen LogP contribution in [0.5, 0.6) is 0 Å². The molecule has 162 valence electrons. The molecule has 3 aromatic carbocycles. The maximum atomic E-state index is 13.0. The highest BCUT2D eigenvalue weighted by atomic mass is 32.2. The largest absolute Gasteiger partial charge is 0.354 e. The highest BCUT2D eigenvalue weighted by molar-refractivity contribution is 7.86. The second kappa shape index (κ2) is 6.46. The predicted molar refractivity (Wildman–Crippen MR) is 117 cm³/mol. The van der Waals surface area contributed by atoms with E-state index in [4.69, 9.17) is 0 Å². The van der Waals surface area contributed by atoms with E-state index in [9.17, 15) is 35.5 Å². The van der Waals surface area contributed by atoms with Crippen LogP contribution in [-0.2, 0) is 20.2 Å². The monoisotopic (exact) mass is 472 g/mol. The predicted octanol–water partition coefficient (Wildman–Crippen LogP) is 2.17. The third kappa shape index (κ3) is 3.08. The zero-order chi connectivity index (χ0) is 23.0. The van der Waals surface area contributed by atoms with Crippen molar-refractivity contribution in [3.05, 3.63) is 69.0 Å². The van der Waals surface area contributed by atoms with E-state index in [2.05, 4.69) is 9.97 Å². The van der Waals surface area contributed by atoms with Crippen molar-refractivity contribution in [2.75, 3.05) is 0 Å². The molecule has 4 N–H and O–H groups in total. The summed E-state index contributed by atoms with van der Waals surface area (Å²) < 4.78 is 64.2. The summed E-state index contributed by atoms with van der Waals surface area (Å²) in [6, 6.07) is 9.85. The van der Waals surface area contributed by atoms with Crippen molar-refractivity contribution in [1.29, 1.82) is 0 Å². The van der Waals surface area contributed by atoms with Gasteiger partial charge in [-0.15, -0.1) is 0 Å². The van der Waals surface area contributed by atoms with Gasteiger partial charge >= 0.3 is 0 Å². The van der Waals surface area contributed by atoms with Crippen LogP contribution in [0.3, 0.4) is 0 Å². The molecule has 0 saturated heterocycles. The molecule has 0 aliphatic heterocycles. The zero-order valence-corrected chi connectivity index (χ0v) is 17.4. The Balaban J connectivity index is 1.89. The van der Waals surface area contributed by atoms with Crippen molar-refractivity contribution in [2.45, 2.75) is 9.79 Å². The Bertz CT molecular complexity index is 1830. The van der Waals surface area contributed by atoms with Crippen LogP contribution in [0.2, 0.25) is 0 Å². The maximum Gasteiger partial charge on any atom is 0.294 e. The van der Waals surface area contributed by atoms with Crippen LogP contribution in [0.25, 0.3) is 43.6 Å². The van der Waals surface area contributed by atoms with Crippen molar-refractivity contribution >= 4 is 63.8 Å². The number of hydrogen-bond acceptors (Lipinski definition) is 6. The van der Waals surface area contributed by atoms with Crippen LogP contribution in [0.1, 0.15) is 0 Å². The van der Waals surface area contributed by atoms with Crippen molar-refractivity contribution in [3.8, 4) is 0 Å². The molecule has 5 aromatic rings. The van der Waals surface area contributed by atoms with E-state index >= 15 is 0 Å². The minimum absolute atomic E-state index is 0.159. The first kappa shape index (κ1) is 20.3. The third-order valence-electron chi connectivity index (χ3n) is 5.25. The summed E-state index contributed by atoms with van der Waals surface area (Å²) in [6.07, 6.45) is 0. The molecule has 0 atom stereocenters. The van der Waals surface area contributed by atoms with Gasteiger partial charge in [0.25, 0.3) is 20.2 Å². The molecule has 0 aliphatic rings. The minimum atomic E-state index is -4.48. The molecular weight excluding hydrogens is 460 g/mol. The molecule has 0 bridgehead atoms. The first-order valence-corrected chi connectivity index (χ1v) is 11.9. The Morgan fingerprint density at radius 3 is 1.22 bits per heavy atom. The van der Waals surface area contributed by atoms with Gasteiger partial charge < -0.3 is 9.97 Å². The molecule has 0 amide bonds. The SMILES string of the molecule is O=c1c2ccc(S(=O)(=O)O)cc2[nH]c2cc3c(=O)c4ccc(S(=O)(=O)O)cc4[nH]c3cc12. The average Bonchev–Trinajstić information content (AvgIpc) is 2.71. The van der Waals surface area contributed by atoms with Gasteiger partial charge in [0, 0.05) is 21.5 Å². The van der Waals surface area contributed by atoms with E-state index in [1.807, 2.05) is 0 Å². The lowest BCUT2D eigenvalue weighted by Crippen LogP contribution is -2.09. The number of H-pyrrole nitrogens is 2. The second-order valence-corrected chi connectivity index (χ2v) is 10.1. The Morgan fingerprint density at radius 2 is 0.875 bits per heavy atom. The summed E-state index contributed by atoms with van der Waals surface area (Å²) >= 11 is 0. The van der Waals surface area contributed by atoms with Crippen molar-refractivity contribution < 1.29 is 25.9 Å². The molecule has 12 heteroatoms. The average molecular weight is 472 g/mol. The highest BCUT2D eigenvalue weighted by Crippen LogP contribution is 2.24. The molecule has 0 radical (unpaired) electrons. The molecule has 0 spiro atoms. The Morgan fingerprint density at radius 1 is 0.531 bits per heavy atom. The van der Waals surface area contributed by atoms with Gasteiger partial charge in [0.1, 0.15) is 0 Å². The summed E-state index contributed by atoms with van der Waals surface area (Å²) in [4.78, 5) is 31.0. The lowest BCUT2D eigenvalue weighted by Gasteiger charge is -2.08. The van der Waals surface area contributed by atoms with Gasteiger partial charge in [0.05, 0.1) is 31.9 Å². The van der Waals surface area contributed by atoms with E-state index in [0.29, 0.717) is 0 Å². The number of benzene rings is 3. The quantitative estimate of drug-likeness (QED) is 0.223. The summed E-state index contributed by atoms with van der Waals surface area (Å²) in [6.45, 7) is 0. The fourth-order valence-electron chi connectivity index (χ4n) is 3.73. The molecule has 10 nitrogen and oxygen atoms in total. The number of hydrogen-bond donors (Lipinski definition) is 4. The van der Waals surface area contributed by atoms with Crippen molar-refractivity contribution in [2.24, 2.45) is 0 Å². The molecule has 5 rings (SSSR count). The smallest absolute Gasteiger partial charge is 0.294 e. The number of rotatable bonds is 2. The van der Waals surface area contributed by atoms with E-state index in [-0.39, 0.29) is 53.4 Å². The van der Waals surface area contributed by atoms with Crippen LogP contribution >= 0.6 is 0 Å². The summed E-state index contributed by atoms with van der Waals surface area (Å²) in [5.41, 5.74) is -0.0295. The van der Waals surface area contributed by atoms with Crippen LogP contribution in [0.4, 0.5) is 0 Å². The fourth-order valence-corrected chi connectivity index (χ4v) is 4.75. The van der Waals surface area contributed by atoms with Gasteiger partial charge in [-0.2, -0.15) is 16.8 Å². The lowest BCUT2D eigenvalue weighted by atomic mass is 10.1. The van der Waals surface area contributed by atoms with Crippen molar-refractivity contribution in [1.82, 2.24) is 9.97 Å². The van der Waals surface area contributed by atoms with Crippen LogP contribution in [0, 0.1) is 0 Å². The molecule has 0 fully saturated rings. The lowest BCUT2D eigenvalue weighted by molar-refractivity contribution is 0.481. The molecule has 0 unspecified atom stereocenters. The first-order chi connectivity index (χ1) is 14.9. The number of nitrogens with one attached hydrogen (secondary N) is 2. The topological polar surface area (TPSA) is 174 Å². The van der Waals surface area contributed by atoms with Crippen LogP contribution < -0.4 is 10.9 Å². The van der Waals surface area contributed by atoms with E-state index in [1.54, 1.807) is 0 Å². The van der Waals surface area contributed by atoms with Crippen molar-refractivity contribution in [3.63, 3.8) is 0 Å². The third-order valence-corrected chi connectivity index (χ3v) is 6.95. The summed E-state index contributed by atoms with van der Waals surface area (Å²) in [5.74, 6) is 0. The van der Waals surface area contributed by atoms with Gasteiger partial charge in [0.2, 0.25) is 0 Å². The number of pyridine rings is 2. The van der Waals surface area contributed by atoms with Gasteiger partial charge in [-0.25, -0.2) is 0 Å². The number of aromatic nitrogens is 2. The summed E-state index contributed by atoms with van der Waals surface area (Å²) in [5, 5.41) is 0.734. The minimum Gasteiger partial charge on any atom is -0.354 e. The van der Waals surface area contributed by atoms with Crippen LogP contribution in [-0.4, -0.2) is 35.9 Å². The Labute approximate surface area is 178 Å². The molecular formula is C20H12N2O8S2. The molecule has 2 heterocycles.